The van der Waals surface area contributed by atoms with E-state index in [1.165, 1.54) is 26.1 Å². The molecule has 19 rings (SSSR count). The van der Waals surface area contributed by atoms with Crippen molar-refractivity contribution in [3.8, 4) is 78.4 Å². The molecule has 0 aliphatic carbocycles. The predicted octanol–water partition coefficient (Wildman–Crippen LogP) is 23.8. The second-order valence-corrected chi connectivity index (χ2v) is 28.0. The van der Waals surface area contributed by atoms with Crippen molar-refractivity contribution in [1.82, 2.24) is 19.9 Å². The summed E-state index contributed by atoms with van der Waals surface area (Å²) in [5, 5.41) is 6.94. The van der Waals surface area contributed by atoms with Crippen LogP contribution in [0, 0.1) is 0 Å². The molecule has 12 aromatic carbocycles. The zero-order valence-electron chi connectivity index (χ0n) is 53.9. The Kier molecular flexibility index (Phi) is 15.5. The van der Waals surface area contributed by atoms with Crippen LogP contribution >= 0.6 is 34.3 Å². The molecule has 0 radical (unpaired) electrons. The van der Waals surface area contributed by atoms with Crippen LogP contribution in [-0.2, 0) is 9.31 Å². The molecule has 0 saturated carbocycles. The molecule has 12 heteroatoms. The Labute approximate surface area is 579 Å². The Hall–Kier alpha value is -10.9. The molecule has 7 heterocycles. The molecule has 0 unspecified atom stereocenters. The van der Waals surface area contributed by atoms with Crippen LogP contribution in [0.1, 0.15) is 27.7 Å². The normalized spacial score (nSPS) is 13.4. The number of fused-ring (bicyclic) bond motifs is 12. The number of hydrogen-bond donors (Lipinski definition) is 0. The molecule has 0 atom stereocenters. The van der Waals surface area contributed by atoms with Gasteiger partial charge in [-0.05, 0) is 133 Å². The molecular weight excluding hydrogens is 1260 g/mol. The molecule has 1 aliphatic heterocycles. The Morgan fingerprint density at radius 3 is 1.20 bits per heavy atom. The number of nitrogens with zero attached hydrogens (tertiary/aromatic N) is 4. The van der Waals surface area contributed by atoms with E-state index in [9.17, 15) is 0 Å². The lowest BCUT2D eigenvalue weighted by Crippen LogP contribution is -2.41. The largest absolute Gasteiger partial charge is 0.494 e. The van der Waals surface area contributed by atoms with E-state index in [4.69, 9.17) is 39.7 Å². The summed E-state index contributed by atoms with van der Waals surface area (Å²) in [6.07, 6.45) is 0. The van der Waals surface area contributed by atoms with Crippen molar-refractivity contribution in [2.75, 3.05) is 0 Å². The van der Waals surface area contributed by atoms with Gasteiger partial charge in [0.2, 0.25) is 5.28 Å². The number of benzene rings is 12. The first-order valence-corrected chi connectivity index (χ1v) is 34.7. The minimum atomic E-state index is -0.420. The van der Waals surface area contributed by atoms with E-state index in [1.54, 1.807) is 22.7 Å². The van der Waals surface area contributed by atoms with E-state index in [-0.39, 0.29) is 11.2 Å². The summed E-state index contributed by atoms with van der Waals surface area (Å²) in [5.74, 6) is 0.690. The SMILES string of the molecule is CC1(C)OB(c2ccc3c(c2)oc2c(-c4ccccc4)cc(-c4ccccc4)cc23)OC1(C)C.Clc1nc(-c2ccccc2)c2sc3ccccc3c2n1.c1ccc(-c2cc(-c3ccccc3)c3oc4cc(-c5nc(-c6ccccc6)c6sc7ccccc7c6n5)ccc4c3c2)cc1. The van der Waals surface area contributed by atoms with Crippen LogP contribution in [0.5, 0.6) is 0 Å². The fourth-order valence-electron chi connectivity index (χ4n) is 13.2. The molecule has 6 aromatic heterocycles. The van der Waals surface area contributed by atoms with Crippen LogP contribution in [-0.4, -0.2) is 38.3 Å². The van der Waals surface area contributed by atoms with Gasteiger partial charge in [-0.15, -0.1) is 22.7 Å². The Morgan fingerprint density at radius 2 is 0.724 bits per heavy atom. The maximum absolute atomic E-state index is 6.70. The van der Waals surface area contributed by atoms with Crippen molar-refractivity contribution in [2.24, 2.45) is 0 Å². The number of hydrogen-bond acceptors (Lipinski definition) is 10. The van der Waals surface area contributed by atoms with Gasteiger partial charge in [-0.3, -0.25) is 0 Å². The van der Waals surface area contributed by atoms with Gasteiger partial charge in [-0.1, -0.05) is 237 Å². The highest BCUT2D eigenvalue weighted by Gasteiger charge is 2.52. The molecule has 8 nitrogen and oxygen atoms in total. The van der Waals surface area contributed by atoms with E-state index < -0.39 is 7.12 Å². The van der Waals surface area contributed by atoms with Gasteiger partial charge in [0, 0.05) is 69.5 Å². The second-order valence-electron chi connectivity index (χ2n) is 25.5. The lowest BCUT2D eigenvalue weighted by Gasteiger charge is -2.32. The van der Waals surface area contributed by atoms with Crippen LogP contribution in [0.15, 0.2) is 300 Å². The average Bonchev–Trinajstić information content (AvgIpc) is 1.59. The maximum atomic E-state index is 6.70. The van der Waals surface area contributed by atoms with Crippen LogP contribution in [0.25, 0.3) is 163 Å². The molecule has 0 N–H and O–H groups in total. The maximum Gasteiger partial charge on any atom is 0.494 e. The molecule has 98 heavy (non-hydrogen) atoms. The van der Waals surface area contributed by atoms with Crippen molar-refractivity contribution >= 4 is 131 Å². The van der Waals surface area contributed by atoms with Crippen LogP contribution in [0.3, 0.4) is 0 Å². The van der Waals surface area contributed by atoms with Crippen molar-refractivity contribution < 1.29 is 18.1 Å². The van der Waals surface area contributed by atoms with Gasteiger partial charge in [-0.2, -0.15) is 0 Å². The molecule has 0 spiro atoms. The van der Waals surface area contributed by atoms with Gasteiger partial charge in [0.1, 0.15) is 22.3 Å². The second kappa shape index (κ2) is 25.0. The molecule has 18 aromatic rings. The Morgan fingerprint density at radius 1 is 0.327 bits per heavy atom. The third kappa shape index (κ3) is 11.2. The van der Waals surface area contributed by atoms with Gasteiger partial charge in [-0.25, -0.2) is 19.9 Å². The summed E-state index contributed by atoms with van der Waals surface area (Å²) < 4.78 is 30.4. The topological polar surface area (TPSA) is 96.3 Å². The minimum absolute atomic E-state index is 0.292. The van der Waals surface area contributed by atoms with Crippen molar-refractivity contribution in [3.05, 3.63) is 296 Å². The summed E-state index contributed by atoms with van der Waals surface area (Å²) in [6, 6.07) is 101. The summed E-state index contributed by atoms with van der Waals surface area (Å²) in [5.41, 5.74) is 19.6. The van der Waals surface area contributed by atoms with Gasteiger partial charge >= 0.3 is 7.12 Å². The van der Waals surface area contributed by atoms with E-state index in [0.29, 0.717) is 11.1 Å². The van der Waals surface area contributed by atoms with E-state index >= 15 is 0 Å². The molecule has 1 fully saturated rings. The molecule has 1 saturated heterocycles. The lowest BCUT2D eigenvalue weighted by atomic mass is 9.79. The first-order valence-electron chi connectivity index (χ1n) is 32.7. The number of furan rings is 2. The molecule has 0 bridgehead atoms. The van der Waals surface area contributed by atoms with Gasteiger partial charge in [0.05, 0.1) is 43.0 Å². The molecule has 470 valence electrons. The molecule has 1 aliphatic rings. The molecular formula is C86H60BClN4O4S2. The first kappa shape index (κ1) is 60.8. The summed E-state index contributed by atoms with van der Waals surface area (Å²) in [6.45, 7) is 8.29. The monoisotopic (exact) mass is 1320 g/mol. The standard InChI is InChI=1S/C40H24N2OS.C30H27BO3.C16H9ClN2S/c1-4-12-25(13-5-1)29-22-32(26-14-6-2-7-15-26)38-33(23-29)30-21-20-28(24-34(30)43-38)40-41-36(27-16-8-3-9-17-27)39-37(42-40)31-18-10-11-19-35(31)44-39;1-29(2)30(3,4)34-31(33-29)23-15-16-24-26-18-22(20-11-7-5-8-12-20)17-25(21-13-9-6-10-14-21)28(26)32-27(24)19-23;17-16-18-13(10-6-2-1-3-7-10)15-14(19-16)11-8-4-5-9-12(11)20-15/h1-24H;5-19H,1-4H3;1-9H. The highest BCUT2D eigenvalue weighted by Crippen LogP contribution is 2.45. The van der Waals surface area contributed by atoms with Crippen LogP contribution in [0.4, 0.5) is 0 Å². The summed E-state index contributed by atoms with van der Waals surface area (Å²) in [7, 11) is -0.420. The van der Waals surface area contributed by atoms with E-state index in [1.807, 2.05) is 66.7 Å². The highest BCUT2D eigenvalue weighted by atomic mass is 35.5. The van der Waals surface area contributed by atoms with Crippen molar-refractivity contribution in [3.63, 3.8) is 0 Å². The molecule has 0 amide bonds. The van der Waals surface area contributed by atoms with Gasteiger partial charge < -0.3 is 18.1 Å². The van der Waals surface area contributed by atoms with E-state index in [2.05, 4.69) is 262 Å². The van der Waals surface area contributed by atoms with E-state index in [0.717, 1.165) is 136 Å². The Balaban J connectivity index is 0.000000118. The number of rotatable bonds is 8. The van der Waals surface area contributed by atoms with Gasteiger partial charge in [0.25, 0.3) is 0 Å². The average molecular weight is 1320 g/mol. The quantitative estimate of drug-likeness (QED) is 0.110. The smallest absolute Gasteiger partial charge is 0.455 e. The number of halogens is 1. The Bertz CT molecular complexity index is 6010. The van der Waals surface area contributed by atoms with Gasteiger partial charge in [0.15, 0.2) is 5.82 Å². The summed E-state index contributed by atoms with van der Waals surface area (Å²) in [4.78, 5) is 19.2. The third-order valence-electron chi connectivity index (χ3n) is 18.8. The fourth-order valence-corrected chi connectivity index (χ4v) is 15.6. The first-order chi connectivity index (χ1) is 47.9. The number of thiophene rings is 2. The zero-order valence-corrected chi connectivity index (χ0v) is 56.3. The third-order valence-corrected chi connectivity index (χ3v) is 21.3. The zero-order chi connectivity index (χ0) is 66.1. The lowest BCUT2D eigenvalue weighted by molar-refractivity contribution is 0.00578. The predicted molar refractivity (Wildman–Crippen MR) is 410 cm³/mol. The number of aromatic nitrogens is 4. The highest BCUT2D eigenvalue weighted by molar-refractivity contribution is 7.26. The van der Waals surface area contributed by atoms with Crippen LogP contribution in [0.2, 0.25) is 5.28 Å². The fraction of sp³-hybridized carbons (Fsp3) is 0.0698. The van der Waals surface area contributed by atoms with Crippen LogP contribution < -0.4 is 5.46 Å². The summed E-state index contributed by atoms with van der Waals surface area (Å²) >= 11 is 9.57. The van der Waals surface area contributed by atoms with Crippen molar-refractivity contribution in [2.45, 2.75) is 38.9 Å². The van der Waals surface area contributed by atoms with Crippen molar-refractivity contribution in [1.29, 1.82) is 0 Å². The minimum Gasteiger partial charge on any atom is -0.455 e.